The van der Waals surface area contributed by atoms with Crippen molar-refractivity contribution in [3.63, 3.8) is 0 Å². The summed E-state index contributed by atoms with van der Waals surface area (Å²) in [4.78, 5) is 25.4. The summed E-state index contributed by atoms with van der Waals surface area (Å²) in [5.74, 6) is -0.210. The fourth-order valence-corrected chi connectivity index (χ4v) is 8.53. The van der Waals surface area contributed by atoms with Gasteiger partial charge in [0.1, 0.15) is 13.2 Å². The summed E-state index contributed by atoms with van der Waals surface area (Å²) in [5, 5.41) is 13.8. The van der Waals surface area contributed by atoms with Crippen molar-refractivity contribution >= 4 is 13.7 Å². The molecule has 0 spiro atoms. The van der Waals surface area contributed by atoms with E-state index in [0.717, 1.165) is 38.5 Å². The van der Waals surface area contributed by atoms with Crippen LogP contribution in [0.5, 0.6) is 0 Å². The van der Waals surface area contributed by atoms with Crippen molar-refractivity contribution in [1.29, 1.82) is 0 Å². The monoisotopic (exact) mass is 909 g/mol. The molecule has 3 atom stereocenters. The Kier molecular flexibility index (Phi) is 44.9. The first-order valence-electron chi connectivity index (χ1n) is 26.9. The number of phosphoric ester groups is 1. The van der Waals surface area contributed by atoms with Crippen molar-refractivity contribution in [2.75, 3.05) is 40.9 Å². The Morgan fingerprint density at radius 3 is 1.29 bits per heavy atom. The number of phosphoric acid groups is 1. The molecule has 0 aliphatic heterocycles. The second kappa shape index (κ2) is 45.9. The van der Waals surface area contributed by atoms with E-state index >= 15 is 0 Å². The lowest BCUT2D eigenvalue weighted by Gasteiger charge is -2.29. The van der Waals surface area contributed by atoms with Crippen LogP contribution in [0.4, 0.5) is 0 Å². The molecular formula is C54H105N2O6P. The number of nitrogens with one attached hydrogen (secondary N) is 1. The van der Waals surface area contributed by atoms with E-state index < -0.39 is 26.6 Å². The summed E-state index contributed by atoms with van der Waals surface area (Å²) in [6.45, 7) is 4.65. The average molecular weight is 909 g/mol. The van der Waals surface area contributed by atoms with E-state index in [1.165, 1.54) is 193 Å². The second-order valence-electron chi connectivity index (χ2n) is 19.6. The number of allylic oxidation sites excluding steroid dienone is 5. The predicted octanol–water partition coefficient (Wildman–Crippen LogP) is 15.2. The van der Waals surface area contributed by atoms with Crippen molar-refractivity contribution < 1.29 is 32.9 Å². The zero-order valence-electron chi connectivity index (χ0n) is 42.3. The number of amides is 1. The SMILES string of the molecule is CCCCCCCCC/C=C\CCCCCCCCCC(=O)NC(COP(=O)([O-])OCC[N+](C)(C)C)C(O)/C=C/CC/C=C/CCCCCCCCCCCCCCCCCCC. The van der Waals surface area contributed by atoms with Gasteiger partial charge in [0.05, 0.1) is 39.9 Å². The van der Waals surface area contributed by atoms with Crippen LogP contribution >= 0.6 is 7.82 Å². The first kappa shape index (κ1) is 61.7. The summed E-state index contributed by atoms with van der Waals surface area (Å²) in [6, 6.07) is -0.905. The third-order valence-corrected chi connectivity index (χ3v) is 13.0. The standard InChI is InChI=1S/C54H105N2O6P/c1-6-8-10-12-14-16-18-20-22-24-26-27-28-29-30-31-33-35-37-39-41-43-45-47-53(57)52(51-62-63(59,60)61-50-49-56(3,4)5)55-54(58)48-46-44-42-40-38-36-34-32-25-23-21-19-17-15-13-11-9-7-2/h23,25,37,39,45,47,52-53,57H,6-22,24,26-36,38,40-44,46,48-51H2,1-5H3,(H-,55,58,59,60)/b25-23-,39-37+,47-45+. The van der Waals surface area contributed by atoms with E-state index in [2.05, 4.69) is 43.5 Å². The molecule has 3 unspecified atom stereocenters. The normalized spacial score (nSPS) is 14.3. The van der Waals surface area contributed by atoms with E-state index in [1.54, 1.807) is 6.08 Å². The fourth-order valence-electron chi connectivity index (χ4n) is 7.81. The summed E-state index contributed by atoms with van der Waals surface area (Å²) in [7, 11) is 1.25. The molecule has 0 aromatic heterocycles. The highest BCUT2D eigenvalue weighted by molar-refractivity contribution is 7.45. The third kappa shape index (κ3) is 48.5. The number of aliphatic hydroxyl groups is 1. The van der Waals surface area contributed by atoms with Crippen molar-refractivity contribution in [2.24, 2.45) is 0 Å². The Morgan fingerprint density at radius 1 is 0.540 bits per heavy atom. The number of aliphatic hydroxyl groups excluding tert-OH is 1. The Labute approximate surface area is 391 Å². The van der Waals surface area contributed by atoms with Gasteiger partial charge in [0.15, 0.2) is 0 Å². The topological polar surface area (TPSA) is 108 Å². The molecule has 2 N–H and O–H groups in total. The second-order valence-corrected chi connectivity index (χ2v) is 21.0. The number of carbonyl (C=O) groups excluding carboxylic acids is 1. The Balaban J connectivity index is 4.32. The van der Waals surface area contributed by atoms with E-state index in [9.17, 15) is 19.4 Å². The zero-order chi connectivity index (χ0) is 46.4. The average Bonchev–Trinajstić information content (AvgIpc) is 3.24. The van der Waals surface area contributed by atoms with Gasteiger partial charge in [-0.3, -0.25) is 9.36 Å². The lowest BCUT2D eigenvalue weighted by atomic mass is 10.0. The molecular weight excluding hydrogens is 804 g/mol. The van der Waals surface area contributed by atoms with Crippen molar-refractivity contribution in [1.82, 2.24) is 5.32 Å². The maximum atomic E-state index is 12.9. The van der Waals surface area contributed by atoms with E-state index in [-0.39, 0.29) is 12.5 Å². The molecule has 0 aromatic carbocycles. The van der Waals surface area contributed by atoms with Crippen LogP contribution in [0.2, 0.25) is 0 Å². The molecule has 8 nitrogen and oxygen atoms in total. The minimum atomic E-state index is -4.60. The van der Waals surface area contributed by atoms with Gasteiger partial charge < -0.3 is 28.8 Å². The number of rotatable bonds is 49. The van der Waals surface area contributed by atoms with Crippen LogP contribution in [0, 0.1) is 0 Å². The van der Waals surface area contributed by atoms with Crippen molar-refractivity contribution in [3.8, 4) is 0 Å². The molecule has 0 heterocycles. The quantitative estimate of drug-likeness (QED) is 0.0272. The summed E-state index contributed by atoms with van der Waals surface area (Å²) in [6.07, 6.45) is 57.8. The van der Waals surface area contributed by atoms with Crippen LogP contribution in [0.1, 0.15) is 251 Å². The molecule has 9 heteroatoms. The lowest BCUT2D eigenvalue weighted by molar-refractivity contribution is -0.870. The smallest absolute Gasteiger partial charge is 0.268 e. The Bertz CT molecular complexity index is 1120. The number of hydrogen-bond acceptors (Lipinski definition) is 6. The minimum absolute atomic E-state index is 0.00676. The van der Waals surface area contributed by atoms with Crippen LogP contribution in [-0.4, -0.2) is 68.5 Å². The maximum Gasteiger partial charge on any atom is 0.268 e. The molecule has 0 aromatic rings. The molecule has 0 bridgehead atoms. The van der Waals surface area contributed by atoms with Crippen molar-refractivity contribution in [3.05, 3.63) is 36.5 Å². The molecule has 372 valence electrons. The Morgan fingerprint density at radius 2 is 0.889 bits per heavy atom. The van der Waals surface area contributed by atoms with Crippen LogP contribution in [-0.2, 0) is 18.4 Å². The van der Waals surface area contributed by atoms with Gasteiger partial charge in [0, 0.05) is 6.42 Å². The highest BCUT2D eigenvalue weighted by atomic mass is 31.2. The summed E-state index contributed by atoms with van der Waals surface area (Å²) in [5.41, 5.74) is 0. The van der Waals surface area contributed by atoms with Crippen LogP contribution in [0.15, 0.2) is 36.5 Å². The van der Waals surface area contributed by atoms with Gasteiger partial charge in [-0.1, -0.05) is 224 Å². The number of quaternary nitrogens is 1. The van der Waals surface area contributed by atoms with Crippen molar-refractivity contribution in [2.45, 2.75) is 264 Å². The number of carbonyl (C=O) groups is 1. The van der Waals surface area contributed by atoms with Crippen LogP contribution in [0.3, 0.4) is 0 Å². The molecule has 0 saturated heterocycles. The maximum absolute atomic E-state index is 12.9. The van der Waals surface area contributed by atoms with Gasteiger partial charge in [-0.25, -0.2) is 0 Å². The first-order valence-corrected chi connectivity index (χ1v) is 28.3. The van der Waals surface area contributed by atoms with E-state index in [4.69, 9.17) is 9.05 Å². The Hall–Kier alpha value is -1.28. The lowest BCUT2D eigenvalue weighted by Crippen LogP contribution is -2.45. The number of nitrogens with zero attached hydrogens (tertiary/aromatic N) is 1. The van der Waals surface area contributed by atoms with Gasteiger partial charge in [-0.2, -0.15) is 0 Å². The summed E-state index contributed by atoms with van der Waals surface area (Å²) >= 11 is 0. The van der Waals surface area contributed by atoms with E-state index in [0.29, 0.717) is 17.4 Å². The van der Waals surface area contributed by atoms with Gasteiger partial charge in [-0.15, -0.1) is 0 Å². The van der Waals surface area contributed by atoms with Gasteiger partial charge in [-0.05, 0) is 57.8 Å². The predicted molar refractivity (Wildman–Crippen MR) is 270 cm³/mol. The molecule has 0 saturated carbocycles. The fraction of sp³-hybridized carbons (Fsp3) is 0.870. The molecule has 0 radical (unpaired) electrons. The molecule has 0 fully saturated rings. The van der Waals surface area contributed by atoms with Gasteiger partial charge >= 0.3 is 0 Å². The molecule has 0 rings (SSSR count). The highest BCUT2D eigenvalue weighted by Crippen LogP contribution is 2.38. The molecule has 1 amide bonds. The number of likely N-dealkylation sites (N-methyl/N-ethyl adjacent to an activating group) is 1. The molecule has 0 aliphatic rings. The van der Waals surface area contributed by atoms with E-state index in [1.807, 2.05) is 27.2 Å². The summed E-state index contributed by atoms with van der Waals surface area (Å²) < 4.78 is 23.3. The number of hydrogen-bond donors (Lipinski definition) is 2. The first-order chi connectivity index (χ1) is 30.5. The third-order valence-electron chi connectivity index (χ3n) is 12.1. The minimum Gasteiger partial charge on any atom is -0.756 e. The van der Waals surface area contributed by atoms with Gasteiger partial charge in [0.25, 0.3) is 7.82 Å². The van der Waals surface area contributed by atoms with Gasteiger partial charge in [0.2, 0.25) is 5.91 Å². The molecule has 63 heavy (non-hydrogen) atoms. The van der Waals surface area contributed by atoms with Crippen LogP contribution in [0.25, 0.3) is 0 Å². The molecule has 0 aliphatic carbocycles. The zero-order valence-corrected chi connectivity index (χ0v) is 43.2. The van der Waals surface area contributed by atoms with Crippen LogP contribution < -0.4 is 10.2 Å². The highest BCUT2D eigenvalue weighted by Gasteiger charge is 2.23. The number of unbranched alkanes of at least 4 members (excludes halogenated alkanes) is 32. The largest absolute Gasteiger partial charge is 0.756 e.